The SMILES string of the molecule is OC(C1CCN(Cc2cn[nH]c2-c2cccs2)CC1)C(F)(F)F. The van der Waals surface area contributed by atoms with Crippen LogP contribution in [0.2, 0.25) is 0 Å². The smallest absolute Gasteiger partial charge is 0.383 e. The van der Waals surface area contributed by atoms with E-state index in [-0.39, 0.29) is 0 Å². The van der Waals surface area contributed by atoms with Crippen LogP contribution in [0.1, 0.15) is 18.4 Å². The molecule has 2 N–H and O–H groups in total. The molecule has 0 amide bonds. The average molecular weight is 345 g/mol. The van der Waals surface area contributed by atoms with Crippen molar-refractivity contribution in [3.63, 3.8) is 0 Å². The molecule has 1 saturated heterocycles. The molecule has 126 valence electrons. The molecule has 1 aliphatic heterocycles. The standard InChI is InChI=1S/C15H18F3N3OS/c16-15(17,18)14(22)10-3-5-21(6-4-10)9-11-8-19-20-13(11)12-2-1-7-23-12/h1-2,7-8,10,14,22H,3-6,9H2,(H,19,20). The molecule has 1 aliphatic rings. The monoisotopic (exact) mass is 345 g/mol. The van der Waals surface area contributed by atoms with Crippen molar-refractivity contribution < 1.29 is 18.3 Å². The van der Waals surface area contributed by atoms with Gasteiger partial charge in [0.05, 0.1) is 16.8 Å². The van der Waals surface area contributed by atoms with Crippen LogP contribution < -0.4 is 0 Å². The van der Waals surface area contributed by atoms with Gasteiger partial charge in [-0.3, -0.25) is 10.00 Å². The fourth-order valence-electron chi connectivity index (χ4n) is 3.00. The zero-order valence-electron chi connectivity index (χ0n) is 12.4. The second-order valence-corrected chi connectivity index (χ2v) is 6.80. The number of alkyl halides is 3. The van der Waals surface area contributed by atoms with Crippen LogP contribution in [0.15, 0.2) is 23.7 Å². The van der Waals surface area contributed by atoms with E-state index in [1.165, 1.54) is 0 Å². The number of aliphatic hydroxyl groups is 1. The molecule has 3 rings (SSSR count). The summed E-state index contributed by atoms with van der Waals surface area (Å²) in [7, 11) is 0. The predicted molar refractivity (Wildman–Crippen MR) is 82.0 cm³/mol. The number of aliphatic hydroxyl groups excluding tert-OH is 1. The first-order valence-electron chi connectivity index (χ1n) is 7.48. The second-order valence-electron chi connectivity index (χ2n) is 5.85. The maximum Gasteiger partial charge on any atom is 0.414 e. The third-order valence-electron chi connectivity index (χ3n) is 4.29. The van der Waals surface area contributed by atoms with E-state index < -0.39 is 18.2 Å². The number of hydrogen-bond acceptors (Lipinski definition) is 4. The fraction of sp³-hybridized carbons (Fsp3) is 0.533. The van der Waals surface area contributed by atoms with Crippen LogP contribution in [0.5, 0.6) is 0 Å². The molecular weight excluding hydrogens is 327 g/mol. The first kappa shape index (κ1) is 16.5. The Balaban J connectivity index is 1.59. The lowest BCUT2D eigenvalue weighted by Crippen LogP contribution is -2.43. The van der Waals surface area contributed by atoms with E-state index in [2.05, 4.69) is 15.1 Å². The number of nitrogens with zero attached hydrogens (tertiary/aromatic N) is 2. The van der Waals surface area contributed by atoms with Crippen molar-refractivity contribution in [3.05, 3.63) is 29.3 Å². The number of nitrogens with one attached hydrogen (secondary N) is 1. The molecule has 1 unspecified atom stereocenters. The molecule has 0 spiro atoms. The van der Waals surface area contributed by atoms with Crippen LogP contribution in [-0.2, 0) is 6.54 Å². The number of likely N-dealkylation sites (tertiary alicyclic amines) is 1. The molecule has 1 atom stereocenters. The van der Waals surface area contributed by atoms with E-state index in [9.17, 15) is 18.3 Å². The molecule has 1 fully saturated rings. The summed E-state index contributed by atoms with van der Waals surface area (Å²) < 4.78 is 37.7. The third-order valence-corrected chi connectivity index (χ3v) is 5.18. The molecule has 0 bridgehead atoms. The Labute approximate surface area is 135 Å². The molecule has 23 heavy (non-hydrogen) atoms. The molecule has 0 saturated carbocycles. The minimum atomic E-state index is -4.52. The number of aromatic amines is 1. The number of rotatable bonds is 4. The highest BCUT2D eigenvalue weighted by Crippen LogP contribution is 2.33. The summed E-state index contributed by atoms with van der Waals surface area (Å²) in [5, 5.41) is 18.4. The lowest BCUT2D eigenvalue weighted by atomic mass is 9.90. The van der Waals surface area contributed by atoms with Gasteiger partial charge in [-0.2, -0.15) is 18.3 Å². The van der Waals surface area contributed by atoms with Gasteiger partial charge in [-0.1, -0.05) is 6.07 Å². The minimum absolute atomic E-state index is 0.354. The molecule has 0 aliphatic carbocycles. The first-order chi connectivity index (χ1) is 10.9. The van der Waals surface area contributed by atoms with Crippen molar-refractivity contribution in [2.24, 2.45) is 5.92 Å². The molecule has 8 heteroatoms. The van der Waals surface area contributed by atoms with Crippen LogP contribution in [0.25, 0.3) is 10.6 Å². The van der Waals surface area contributed by atoms with Crippen LogP contribution >= 0.6 is 11.3 Å². The summed E-state index contributed by atoms with van der Waals surface area (Å²) >= 11 is 1.62. The van der Waals surface area contributed by atoms with Gasteiger partial charge in [0, 0.05) is 12.1 Å². The minimum Gasteiger partial charge on any atom is -0.383 e. The van der Waals surface area contributed by atoms with Gasteiger partial charge in [0.1, 0.15) is 0 Å². The van der Waals surface area contributed by atoms with Crippen molar-refractivity contribution in [3.8, 4) is 10.6 Å². The molecule has 2 aromatic rings. The first-order valence-corrected chi connectivity index (χ1v) is 8.36. The van der Waals surface area contributed by atoms with Crippen molar-refractivity contribution in [2.75, 3.05) is 13.1 Å². The van der Waals surface area contributed by atoms with Crippen LogP contribution in [-0.4, -0.2) is 45.6 Å². The van der Waals surface area contributed by atoms with E-state index in [1.807, 2.05) is 17.5 Å². The van der Waals surface area contributed by atoms with Gasteiger partial charge in [0.15, 0.2) is 6.10 Å². The number of hydrogen-bond donors (Lipinski definition) is 2. The highest BCUT2D eigenvalue weighted by Gasteiger charge is 2.44. The van der Waals surface area contributed by atoms with Gasteiger partial charge >= 0.3 is 6.18 Å². The second kappa shape index (κ2) is 6.62. The zero-order valence-corrected chi connectivity index (χ0v) is 13.2. The molecule has 0 radical (unpaired) electrons. The molecule has 4 nitrogen and oxygen atoms in total. The van der Waals surface area contributed by atoms with E-state index >= 15 is 0 Å². The third kappa shape index (κ3) is 3.76. The topological polar surface area (TPSA) is 52.1 Å². The van der Waals surface area contributed by atoms with Crippen molar-refractivity contribution in [1.82, 2.24) is 15.1 Å². The van der Waals surface area contributed by atoms with Gasteiger partial charge < -0.3 is 5.11 Å². The molecule has 0 aromatic carbocycles. The van der Waals surface area contributed by atoms with E-state index in [0.717, 1.165) is 16.1 Å². The maximum atomic E-state index is 12.6. The van der Waals surface area contributed by atoms with Gasteiger partial charge in [0.2, 0.25) is 0 Å². The Hall–Kier alpha value is -1.38. The molecule has 3 heterocycles. The number of H-pyrrole nitrogens is 1. The van der Waals surface area contributed by atoms with Crippen molar-refractivity contribution >= 4 is 11.3 Å². The molecule has 2 aromatic heterocycles. The Morgan fingerprint density at radius 2 is 2.13 bits per heavy atom. The number of thiophene rings is 1. The highest BCUT2D eigenvalue weighted by atomic mass is 32.1. The normalized spacial score (nSPS) is 19.1. The number of halogens is 3. The van der Waals surface area contributed by atoms with Crippen molar-refractivity contribution in [1.29, 1.82) is 0 Å². The van der Waals surface area contributed by atoms with Crippen molar-refractivity contribution in [2.45, 2.75) is 31.7 Å². The lowest BCUT2D eigenvalue weighted by molar-refractivity contribution is -0.223. The predicted octanol–water partition coefficient (Wildman–Crippen LogP) is 3.27. The van der Waals surface area contributed by atoms with Crippen LogP contribution in [0.4, 0.5) is 13.2 Å². The Kier molecular flexibility index (Phi) is 4.74. The summed E-state index contributed by atoms with van der Waals surface area (Å²) in [4.78, 5) is 3.21. The summed E-state index contributed by atoms with van der Waals surface area (Å²) in [5.41, 5.74) is 2.01. The summed E-state index contributed by atoms with van der Waals surface area (Å²) in [6.45, 7) is 1.75. The summed E-state index contributed by atoms with van der Waals surface area (Å²) in [6.07, 6.45) is -4.25. The quantitative estimate of drug-likeness (QED) is 0.894. The highest BCUT2D eigenvalue weighted by molar-refractivity contribution is 7.13. The van der Waals surface area contributed by atoms with Gasteiger partial charge in [0.25, 0.3) is 0 Å². The number of aromatic nitrogens is 2. The van der Waals surface area contributed by atoms with E-state index in [4.69, 9.17) is 0 Å². The molecular formula is C15H18F3N3OS. The Morgan fingerprint density at radius 3 is 2.74 bits per heavy atom. The Morgan fingerprint density at radius 1 is 1.39 bits per heavy atom. The lowest BCUT2D eigenvalue weighted by Gasteiger charge is -2.34. The van der Waals surface area contributed by atoms with Gasteiger partial charge in [-0.25, -0.2) is 0 Å². The van der Waals surface area contributed by atoms with E-state index in [0.29, 0.717) is 32.5 Å². The Bertz CT molecular complexity index is 618. The average Bonchev–Trinajstić information content (AvgIpc) is 3.17. The van der Waals surface area contributed by atoms with Crippen LogP contribution in [0, 0.1) is 5.92 Å². The summed E-state index contributed by atoms with van der Waals surface area (Å²) in [5.74, 6) is -0.702. The van der Waals surface area contributed by atoms with E-state index in [1.54, 1.807) is 17.5 Å². The summed E-state index contributed by atoms with van der Waals surface area (Å²) in [6, 6.07) is 3.97. The largest absolute Gasteiger partial charge is 0.414 e. The maximum absolute atomic E-state index is 12.6. The van der Waals surface area contributed by atoms with Gasteiger partial charge in [-0.15, -0.1) is 11.3 Å². The van der Waals surface area contributed by atoms with Crippen LogP contribution in [0.3, 0.4) is 0 Å². The zero-order chi connectivity index (χ0) is 16.4. The fourth-order valence-corrected chi connectivity index (χ4v) is 3.76. The van der Waals surface area contributed by atoms with Gasteiger partial charge in [-0.05, 0) is 43.3 Å². The number of piperidine rings is 1.